The third kappa shape index (κ3) is 5.17. The van der Waals surface area contributed by atoms with Crippen LogP contribution in [0.25, 0.3) is 11.3 Å². The van der Waals surface area contributed by atoms with E-state index in [1.165, 1.54) is 0 Å². The summed E-state index contributed by atoms with van der Waals surface area (Å²) in [5.41, 5.74) is 1.25. The molecule has 1 amide bonds. The Morgan fingerprint density at radius 3 is 2.60 bits per heavy atom. The lowest BCUT2D eigenvalue weighted by molar-refractivity contribution is 0.0632. The molecule has 0 spiro atoms. The second kappa shape index (κ2) is 10.4. The van der Waals surface area contributed by atoms with Gasteiger partial charge >= 0.3 is 0 Å². The van der Waals surface area contributed by atoms with Crippen LogP contribution in [0, 0.1) is 0 Å². The first-order valence-electron chi connectivity index (χ1n) is 8.18. The molecule has 8 heteroatoms. The minimum absolute atomic E-state index is 0. The Morgan fingerprint density at radius 2 is 1.96 bits per heavy atom. The van der Waals surface area contributed by atoms with Gasteiger partial charge in [0.15, 0.2) is 11.5 Å². The number of halogens is 2. The van der Waals surface area contributed by atoms with Gasteiger partial charge in [-0.15, -0.1) is 24.8 Å². The average Bonchev–Trinajstić information content (AvgIpc) is 3.11. The summed E-state index contributed by atoms with van der Waals surface area (Å²) < 4.78 is 5.35. The molecule has 0 aromatic carbocycles. The van der Waals surface area contributed by atoms with Gasteiger partial charge in [0.2, 0.25) is 0 Å². The van der Waals surface area contributed by atoms with Crippen LogP contribution in [0.1, 0.15) is 36.7 Å². The molecule has 0 saturated carbocycles. The van der Waals surface area contributed by atoms with Gasteiger partial charge in [0.25, 0.3) is 5.91 Å². The predicted molar refractivity (Wildman–Crippen MR) is 101 cm³/mol. The van der Waals surface area contributed by atoms with Crippen molar-refractivity contribution in [2.24, 2.45) is 0 Å². The first kappa shape index (κ1) is 21.4. The van der Waals surface area contributed by atoms with Gasteiger partial charge in [0, 0.05) is 36.6 Å². The first-order chi connectivity index (χ1) is 11.3. The Hall–Kier alpha value is -1.63. The molecule has 138 valence electrons. The van der Waals surface area contributed by atoms with Crippen LogP contribution in [0.3, 0.4) is 0 Å². The number of rotatable bonds is 5. The van der Waals surface area contributed by atoms with E-state index >= 15 is 0 Å². The number of piperidine rings is 1. The molecule has 1 aliphatic rings. The summed E-state index contributed by atoms with van der Waals surface area (Å²) in [5.74, 6) is 0.556. The van der Waals surface area contributed by atoms with E-state index in [-0.39, 0.29) is 36.8 Å². The van der Waals surface area contributed by atoms with Gasteiger partial charge in [-0.05, 0) is 44.5 Å². The predicted octanol–water partition coefficient (Wildman–Crippen LogP) is 3.18. The number of pyridine rings is 1. The molecule has 0 radical (unpaired) electrons. The van der Waals surface area contributed by atoms with E-state index in [2.05, 4.69) is 22.4 Å². The standard InChI is InChI=1S/C17H22N4O2.2ClH/c1-2-11-21(14-5-9-19-10-6-14)17(22)15-12-16(23-20-15)13-3-7-18-8-4-13;;/h3-4,7-8,12,14,19H,2,5-6,9-11H2,1H3;2*1H. The molecule has 3 heterocycles. The lowest BCUT2D eigenvalue weighted by atomic mass is 10.0. The summed E-state index contributed by atoms with van der Waals surface area (Å²) in [6.45, 7) is 4.76. The van der Waals surface area contributed by atoms with E-state index in [0.717, 1.165) is 44.5 Å². The Balaban J connectivity index is 0.00000156. The van der Waals surface area contributed by atoms with E-state index in [1.807, 2.05) is 17.0 Å². The largest absolute Gasteiger partial charge is 0.355 e. The quantitative estimate of drug-likeness (QED) is 0.853. The highest BCUT2D eigenvalue weighted by molar-refractivity contribution is 5.93. The van der Waals surface area contributed by atoms with Gasteiger partial charge in [0.1, 0.15) is 0 Å². The lowest BCUT2D eigenvalue weighted by Gasteiger charge is -2.34. The number of aromatic nitrogens is 2. The number of hydrogen-bond donors (Lipinski definition) is 1. The molecule has 0 unspecified atom stereocenters. The number of nitrogens with zero attached hydrogens (tertiary/aromatic N) is 3. The molecule has 0 bridgehead atoms. The van der Waals surface area contributed by atoms with Crippen molar-refractivity contribution in [3.63, 3.8) is 0 Å². The van der Waals surface area contributed by atoms with Gasteiger partial charge < -0.3 is 14.7 Å². The number of amides is 1. The second-order valence-corrected chi connectivity index (χ2v) is 5.79. The molecule has 0 aliphatic carbocycles. The highest BCUT2D eigenvalue weighted by Gasteiger charge is 2.27. The molecular weight excluding hydrogens is 363 g/mol. The van der Waals surface area contributed by atoms with Crippen molar-refractivity contribution >= 4 is 30.7 Å². The summed E-state index contributed by atoms with van der Waals surface area (Å²) in [5, 5.41) is 7.33. The fraction of sp³-hybridized carbons (Fsp3) is 0.471. The lowest BCUT2D eigenvalue weighted by Crippen LogP contribution is -2.46. The minimum atomic E-state index is -0.0391. The van der Waals surface area contributed by atoms with Crippen LogP contribution < -0.4 is 5.32 Å². The van der Waals surface area contributed by atoms with Gasteiger partial charge in [-0.3, -0.25) is 9.78 Å². The maximum absolute atomic E-state index is 12.8. The van der Waals surface area contributed by atoms with E-state index in [0.29, 0.717) is 11.5 Å². The van der Waals surface area contributed by atoms with E-state index in [4.69, 9.17) is 4.52 Å². The third-order valence-corrected chi connectivity index (χ3v) is 4.17. The molecule has 25 heavy (non-hydrogen) atoms. The molecule has 6 nitrogen and oxygen atoms in total. The maximum Gasteiger partial charge on any atom is 0.276 e. The van der Waals surface area contributed by atoms with Crippen LogP contribution in [-0.4, -0.2) is 46.6 Å². The Kier molecular flexibility index (Phi) is 8.89. The van der Waals surface area contributed by atoms with E-state index in [1.54, 1.807) is 18.5 Å². The molecular formula is C17H24Cl2N4O2. The zero-order chi connectivity index (χ0) is 16.1. The van der Waals surface area contributed by atoms with Crippen LogP contribution in [-0.2, 0) is 0 Å². The van der Waals surface area contributed by atoms with Gasteiger partial charge in [0.05, 0.1) is 0 Å². The molecule has 3 rings (SSSR count). The molecule has 1 aliphatic heterocycles. The Bertz CT molecular complexity index is 645. The molecule has 2 aromatic heterocycles. The molecule has 2 aromatic rings. The molecule has 1 saturated heterocycles. The normalized spacial score (nSPS) is 14.3. The molecule has 1 N–H and O–H groups in total. The SMILES string of the molecule is CCCN(C(=O)c1cc(-c2ccncc2)on1)C1CCNCC1.Cl.Cl. The Morgan fingerprint density at radius 1 is 1.28 bits per heavy atom. The van der Waals surface area contributed by atoms with Gasteiger partial charge in [-0.1, -0.05) is 12.1 Å². The monoisotopic (exact) mass is 386 g/mol. The zero-order valence-electron chi connectivity index (χ0n) is 14.2. The highest BCUT2D eigenvalue weighted by atomic mass is 35.5. The second-order valence-electron chi connectivity index (χ2n) is 5.79. The molecule has 1 fully saturated rings. The minimum Gasteiger partial charge on any atom is -0.355 e. The highest BCUT2D eigenvalue weighted by Crippen LogP contribution is 2.22. The number of hydrogen-bond acceptors (Lipinski definition) is 5. The van der Waals surface area contributed by atoms with E-state index < -0.39 is 0 Å². The fourth-order valence-corrected chi connectivity index (χ4v) is 2.98. The summed E-state index contributed by atoms with van der Waals surface area (Å²) in [6, 6.07) is 5.68. The van der Waals surface area contributed by atoms with Crippen molar-refractivity contribution in [1.82, 2.24) is 20.4 Å². The van der Waals surface area contributed by atoms with Crippen LogP contribution in [0.5, 0.6) is 0 Å². The van der Waals surface area contributed by atoms with Crippen LogP contribution in [0.2, 0.25) is 0 Å². The van der Waals surface area contributed by atoms with Gasteiger partial charge in [-0.2, -0.15) is 0 Å². The van der Waals surface area contributed by atoms with Crippen molar-refractivity contribution in [2.45, 2.75) is 32.2 Å². The topological polar surface area (TPSA) is 71.3 Å². The van der Waals surface area contributed by atoms with Crippen LogP contribution in [0.4, 0.5) is 0 Å². The van der Waals surface area contributed by atoms with Gasteiger partial charge in [-0.25, -0.2) is 0 Å². The van der Waals surface area contributed by atoms with Crippen LogP contribution >= 0.6 is 24.8 Å². The summed E-state index contributed by atoms with van der Waals surface area (Å²) in [6.07, 6.45) is 6.29. The fourth-order valence-electron chi connectivity index (χ4n) is 2.98. The molecule has 0 atom stereocenters. The smallest absolute Gasteiger partial charge is 0.276 e. The third-order valence-electron chi connectivity index (χ3n) is 4.17. The van der Waals surface area contributed by atoms with Crippen molar-refractivity contribution in [2.75, 3.05) is 19.6 Å². The number of carbonyl (C=O) groups excluding carboxylic acids is 1. The number of nitrogens with one attached hydrogen (secondary N) is 1. The van der Waals surface area contributed by atoms with Crippen molar-refractivity contribution in [3.05, 3.63) is 36.3 Å². The van der Waals surface area contributed by atoms with Crippen LogP contribution in [0.15, 0.2) is 35.1 Å². The zero-order valence-corrected chi connectivity index (χ0v) is 15.8. The summed E-state index contributed by atoms with van der Waals surface area (Å²) in [7, 11) is 0. The van der Waals surface area contributed by atoms with Crippen molar-refractivity contribution in [1.29, 1.82) is 0 Å². The van der Waals surface area contributed by atoms with E-state index in [9.17, 15) is 4.79 Å². The average molecular weight is 387 g/mol. The first-order valence-corrected chi connectivity index (χ1v) is 8.18. The van der Waals surface area contributed by atoms with Crippen molar-refractivity contribution < 1.29 is 9.32 Å². The maximum atomic E-state index is 12.8. The number of carbonyl (C=O) groups is 1. The summed E-state index contributed by atoms with van der Waals surface area (Å²) in [4.78, 5) is 18.8. The Labute approximate surface area is 160 Å². The summed E-state index contributed by atoms with van der Waals surface area (Å²) >= 11 is 0. The van der Waals surface area contributed by atoms with Crippen molar-refractivity contribution in [3.8, 4) is 11.3 Å².